The highest BCUT2D eigenvalue weighted by Crippen LogP contribution is 2.17. The molecule has 1 N–H and O–H groups in total. The first kappa shape index (κ1) is 14.0. The van der Waals surface area contributed by atoms with Crippen molar-refractivity contribution < 1.29 is 13.2 Å². The van der Waals surface area contributed by atoms with Crippen molar-refractivity contribution in [2.45, 2.75) is 17.7 Å². The van der Waals surface area contributed by atoms with E-state index in [0.29, 0.717) is 13.2 Å². The first-order valence-electron chi connectivity index (χ1n) is 5.91. The third kappa shape index (κ3) is 3.78. The molecule has 4 nitrogen and oxygen atoms in total. The van der Waals surface area contributed by atoms with E-state index in [2.05, 4.69) is 20.7 Å². The highest BCUT2D eigenvalue weighted by atomic mass is 79.9. The van der Waals surface area contributed by atoms with Crippen LogP contribution in [0.3, 0.4) is 0 Å². The number of ether oxygens (including phenoxy) is 1. The minimum absolute atomic E-state index is 0.278. The van der Waals surface area contributed by atoms with Gasteiger partial charge in [-0.15, -0.1) is 0 Å². The summed E-state index contributed by atoms with van der Waals surface area (Å²) in [4.78, 5) is 0.286. The zero-order valence-electron chi connectivity index (χ0n) is 9.93. The molecule has 0 bridgehead atoms. The Morgan fingerprint density at radius 1 is 1.44 bits per heavy atom. The van der Waals surface area contributed by atoms with Crippen LogP contribution in [0.1, 0.15) is 12.8 Å². The molecule has 0 spiro atoms. The Morgan fingerprint density at radius 3 is 2.94 bits per heavy atom. The summed E-state index contributed by atoms with van der Waals surface area (Å²) in [5.41, 5.74) is 0. The second-order valence-electron chi connectivity index (χ2n) is 4.39. The molecule has 1 heterocycles. The van der Waals surface area contributed by atoms with Gasteiger partial charge in [-0.1, -0.05) is 22.0 Å². The first-order chi connectivity index (χ1) is 8.58. The van der Waals surface area contributed by atoms with Crippen molar-refractivity contribution in [3.63, 3.8) is 0 Å². The zero-order valence-corrected chi connectivity index (χ0v) is 12.3. The van der Waals surface area contributed by atoms with Gasteiger partial charge in [-0.05, 0) is 37.0 Å². The predicted octanol–water partition coefficient (Wildman–Crippen LogP) is 2.15. The Hall–Kier alpha value is -0.430. The quantitative estimate of drug-likeness (QED) is 0.918. The van der Waals surface area contributed by atoms with Crippen LogP contribution in [-0.2, 0) is 14.8 Å². The lowest BCUT2D eigenvalue weighted by Crippen LogP contribution is -2.33. The molecular weight excluding hydrogens is 318 g/mol. The topological polar surface area (TPSA) is 55.4 Å². The lowest BCUT2D eigenvalue weighted by Gasteiger charge is -2.22. The molecule has 1 aliphatic rings. The maximum absolute atomic E-state index is 12.1. The van der Waals surface area contributed by atoms with E-state index in [4.69, 9.17) is 4.74 Å². The van der Waals surface area contributed by atoms with Gasteiger partial charge in [-0.2, -0.15) is 0 Å². The van der Waals surface area contributed by atoms with Crippen LogP contribution in [0.25, 0.3) is 0 Å². The fourth-order valence-electron chi connectivity index (χ4n) is 1.91. The monoisotopic (exact) mass is 333 g/mol. The molecule has 1 saturated heterocycles. The molecule has 0 saturated carbocycles. The highest BCUT2D eigenvalue weighted by molar-refractivity contribution is 9.10. The van der Waals surface area contributed by atoms with Crippen LogP contribution in [0, 0.1) is 5.92 Å². The number of benzene rings is 1. The van der Waals surface area contributed by atoms with Crippen LogP contribution in [0.5, 0.6) is 0 Å². The van der Waals surface area contributed by atoms with E-state index in [1.165, 1.54) is 0 Å². The van der Waals surface area contributed by atoms with Crippen LogP contribution in [0.15, 0.2) is 33.6 Å². The summed E-state index contributed by atoms with van der Waals surface area (Å²) < 4.78 is 32.8. The van der Waals surface area contributed by atoms with Gasteiger partial charge in [0.2, 0.25) is 10.0 Å². The highest BCUT2D eigenvalue weighted by Gasteiger charge is 2.19. The van der Waals surface area contributed by atoms with E-state index in [9.17, 15) is 8.42 Å². The van der Waals surface area contributed by atoms with Crippen molar-refractivity contribution in [2.75, 3.05) is 19.8 Å². The first-order valence-corrected chi connectivity index (χ1v) is 8.18. The van der Waals surface area contributed by atoms with E-state index in [-0.39, 0.29) is 10.8 Å². The fourth-order valence-corrected chi connectivity index (χ4v) is 3.63. The van der Waals surface area contributed by atoms with Crippen LogP contribution < -0.4 is 4.72 Å². The molecule has 1 atom stereocenters. The molecule has 0 radical (unpaired) electrons. The van der Waals surface area contributed by atoms with Crippen LogP contribution in [0.4, 0.5) is 0 Å². The summed E-state index contributed by atoms with van der Waals surface area (Å²) in [6.07, 6.45) is 2.02. The molecule has 2 rings (SSSR count). The normalized spacial score (nSPS) is 20.8. The number of sulfonamides is 1. The number of hydrogen-bond acceptors (Lipinski definition) is 3. The molecule has 0 amide bonds. The second-order valence-corrected chi connectivity index (χ2v) is 7.08. The second kappa shape index (κ2) is 6.14. The summed E-state index contributed by atoms with van der Waals surface area (Å²) >= 11 is 3.27. The van der Waals surface area contributed by atoms with E-state index < -0.39 is 10.0 Å². The minimum Gasteiger partial charge on any atom is -0.381 e. The van der Waals surface area contributed by atoms with Crippen LogP contribution >= 0.6 is 15.9 Å². The molecule has 1 fully saturated rings. The minimum atomic E-state index is -3.42. The summed E-state index contributed by atoms with van der Waals surface area (Å²) in [5.74, 6) is 0.278. The van der Waals surface area contributed by atoms with Gasteiger partial charge in [0, 0.05) is 17.6 Å². The Balaban J connectivity index is 1.98. The van der Waals surface area contributed by atoms with Crippen molar-refractivity contribution in [3.8, 4) is 0 Å². The Kier molecular flexibility index (Phi) is 4.77. The largest absolute Gasteiger partial charge is 0.381 e. The summed E-state index contributed by atoms with van der Waals surface area (Å²) in [7, 11) is -3.42. The molecule has 1 aromatic carbocycles. The fraction of sp³-hybridized carbons (Fsp3) is 0.500. The lowest BCUT2D eigenvalue weighted by atomic mass is 10.0. The Bertz CT molecular complexity index is 498. The summed E-state index contributed by atoms with van der Waals surface area (Å²) in [6.45, 7) is 1.87. The van der Waals surface area contributed by atoms with Gasteiger partial charge < -0.3 is 4.74 Å². The smallest absolute Gasteiger partial charge is 0.240 e. The van der Waals surface area contributed by atoms with Crippen molar-refractivity contribution in [2.24, 2.45) is 5.92 Å². The standard InChI is InChI=1S/C12H16BrNO3S/c13-11-4-1-5-12(7-11)18(15,16)14-8-10-3-2-6-17-9-10/h1,4-5,7,10,14H,2-3,6,8-9H2. The molecular formula is C12H16BrNO3S. The maximum Gasteiger partial charge on any atom is 0.240 e. The zero-order chi connectivity index (χ0) is 13.0. The SMILES string of the molecule is O=S(=O)(NCC1CCCOC1)c1cccc(Br)c1. The predicted molar refractivity (Wildman–Crippen MR) is 72.9 cm³/mol. The number of halogens is 1. The van der Waals surface area contributed by atoms with Gasteiger partial charge in [-0.3, -0.25) is 0 Å². The van der Waals surface area contributed by atoms with Crippen molar-refractivity contribution >= 4 is 26.0 Å². The van der Waals surface area contributed by atoms with E-state index in [1.54, 1.807) is 24.3 Å². The summed E-state index contributed by atoms with van der Waals surface area (Å²) in [6, 6.07) is 6.69. The van der Waals surface area contributed by atoms with Gasteiger partial charge in [0.15, 0.2) is 0 Å². The van der Waals surface area contributed by atoms with Gasteiger partial charge in [0.1, 0.15) is 0 Å². The van der Waals surface area contributed by atoms with Gasteiger partial charge in [0.25, 0.3) is 0 Å². The molecule has 0 aromatic heterocycles. The van der Waals surface area contributed by atoms with Crippen molar-refractivity contribution in [1.29, 1.82) is 0 Å². The molecule has 1 aliphatic heterocycles. The van der Waals surface area contributed by atoms with Gasteiger partial charge in [-0.25, -0.2) is 13.1 Å². The number of hydrogen-bond donors (Lipinski definition) is 1. The lowest BCUT2D eigenvalue weighted by molar-refractivity contribution is 0.0568. The van der Waals surface area contributed by atoms with Crippen LogP contribution in [0.2, 0.25) is 0 Å². The Labute approximate surface area is 116 Å². The molecule has 0 aliphatic carbocycles. The van der Waals surface area contributed by atoms with E-state index in [1.807, 2.05) is 0 Å². The van der Waals surface area contributed by atoms with Crippen LogP contribution in [-0.4, -0.2) is 28.2 Å². The number of nitrogens with one attached hydrogen (secondary N) is 1. The average Bonchev–Trinajstić information content (AvgIpc) is 2.38. The average molecular weight is 334 g/mol. The van der Waals surface area contributed by atoms with Crippen molar-refractivity contribution in [1.82, 2.24) is 4.72 Å². The van der Waals surface area contributed by atoms with Gasteiger partial charge in [0.05, 0.1) is 11.5 Å². The third-order valence-corrected chi connectivity index (χ3v) is 4.84. The van der Waals surface area contributed by atoms with E-state index in [0.717, 1.165) is 23.9 Å². The van der Waals surface area contributed by atoms with E-state index >= 15 is 0 Å². The molecule has 6 heteroatoms. The third-order valence-electron chi connectivity index (χ3n) is 2.92. The molecule has 1 aromatic rings. The summed E-state index contributed by atoms with van der Waals surface area (Å²) in [5, 5.41) is 0. The van der Waals surface area contributed by atoms with Gasteiger partial charge >= 0.3 is 0 Å². The molecule has 18 heavy (non-hydrogen) atoms. The number of rotatable bonds is 4. The molecule has 100 valence electrons. The maximum atomic E-state index is 12.1. The van der Waals surface area contributed by atoms with Crippen molar-refractivity contribution in [3.05, 3.63) is 28.7 Å². The molecule has 1 unspecified atom stereocenters. The Morgan fingerprint density at radius 2 is 2.28 bits per heavy atom.